The van der Waals surface area contributed by atoms with E-state index >= 15 is 0 Å². The first-order valence-corrected chi connectivity index (χ1v) is 6.51. The molecule has 0 aliphatic carbocycles. The fourth-order valence-electron chi connectivity index (χ4n) is 1.47. The highest BCUT2D eigenvalue weighted by Crippen LogP contribution is 2.31. The van der Waals surface area contributed by atoms with Gasteiger partial charge in [0.2, 0.25) is 0 Å². The maximum absolute atomic E-state index is 12.8. The molecule has 17 heavy (non-hydrogen) atoms. The van der Waals surface area contributed by atoms with Gasteiger partial charge in [-0.1, -0.05) is 20.8 Å². The molecule has 1 rings (SSSR count). The van der Waals surface area contributed by atoms with E-state index in [1.165, 1.54) is 23.9 Å². The standard InChI is InChI=1S/C13H20FNOS/c1-13(2,3)12(15)11(8-16)17-10-6-4-9(14)5-7-10/h4-7,11-12,16H,8,15H2,1-3H3. The molecular weight excluding hydrogens is 237 g/mol. The molecule has 2 atom stereocenters. The average Bonchev–Trinajstić information content (AvgIpc) is 2.26. The summed E-state index contributed by atoms with van der Waals surface area (Å²) in [7, 11) is 0. The van der Waals surface area contributed by atoms with Crippen molar-refractivity contribution in [1.82, 2.24) is 0 Å². The van der Waals surface area contributed by atoms with Gasteiger partial charge in [0, 0.05) is 16.2 Å². The van der Waals surface area contributed by atoms with E-state index in [4.69, 9.17) is 5.73 Å². The lowest BCUT2D eigenvalue weighted by molar-refractivity contribution is 0.233. The van der Waals surface area contributed by atoms with Crippen LogP contribution in [-0.4, -0.2) is 23.0 Å². The summed E-state index contributed by atoms with van der Waals surface area (Å²) in [5, 5.41) is 9.32. The maximum atomic E-state index is 12.8. The largest absolute Gasteiger partial charge is 0.395 e. The summed E-state index contributed by atoms with van der Waals surface area (Å²) < 4.78 is 12.8. The van der Waals surface area contributed by atoms with Crippen LogP contribution in [-0.2, 0) is 0 Å². The molecule has 96 valence electrons. The number of aliphatic hydroxyl groups is 1. The summed E-state index contributed by atoms with van der Waals surface area (Å²) >= 11 is 1.49. The summed E-state index contributed by atoms with van der Waals surface area (Å²) in [5.74, 6) is -0.255. The van der Waals surface area contributed by atoms with Crippen molar-refractivity contribution in [3.63, 3.8) is 0 Å². The minimum absolute atomic E-state index is 0.0144. The summed E-state index contributed by atoms with van der Waals surface area (Å²) in [6.45, 7) is 6.16. The molecule has 4 heteroatoms. The van der Waals surface area contributed by atoms with Crippen molar-refractivity contribution < 1.29 is 9.50 Å². The normalized spacial score (nSPS) is 15.6. The monoisotopic (exact) mass is 257 g/mol. The summed E-state index contributed by atoms with van der Waals surface area (Å²) in [4.78, 5) is 0.921. The molecule has 1 aromatic carbocycles. The van der Waals surface area contributed by atoms with Gasteiger partial charge < -0.3 is 10.8 Å². The van der Waals surface area contributed by atoms with Gasteiger partial charge in [-0.05, 0) is 29.7 Å². The highest BCUT2D eigenvalue weighted by Gasteiger charge is 2.29. The minimum atomic E-state index is -0.255. The number of aliphatic hydroxyl groups excluding tert-OH is 1. The first-order chi connectivity index (χ1) is 7.84. The van der Waals surface area contributed by atoms with E-state index in [2.05, 4.69) is 0 Å². The molecule has 1 aromatic rings. The van der Waals surface area contributed by atoms with E-state index in [-0.39, 0.29) is 29.1 Å². The van der Waals surface area contributed by atoms with Crippen LogP contribution in [0.25, 0.3) is 0 Å². The van der Waals surface area contributed by atoms with Gasteiger partial charge in [-0.3, -0.25) is 0 Å². The maximum Gasteiger partial charge on any atom is 0.123 e. The van der Waals surface area contributed by atoms with E-state index in [9.17, 15) is 9.50 Å². The lowest BCUT2D eigenvalue weighted by atomic mass is 9.85. The molecule has 0 aliphatic heterocycles. The lowest BCUT2D eigenvalue weighted by Crippen LogP contribution is -2.45. The van der Waals surface area contributed by atoms with Crippen molar-refractivity contribution in [2.24, 2.45) is 11.1 Å². The topological polar surface area (TPSA) is 46.2 Å². The van der Waals surface area contributed by atoms with E-state index in [1.54, 1.807) is 12.1 Å². The van der Waals surface area contributed by atoms with Gasteiger partial charge in [-0.2, -0.15) is 0 Å². The predicted octanol–water partition coefficient (Wildman–Crippen LogP) is 2.65. The SMILES string of the molecule is CC(C)(C)C(N)C(CO)Sc1ccc(F)cc1. The Hall–Kier alpha value is -0.580. The quantitative estimate of drug-likeness (QED) is 0.815. The fraction of sp³-hybridized carbons (Fsp3) is 0.538. The number of rotatable bonds is 4. The smallest absolute Gasteiger partial charge is 0.123 e. The molecule has 2 unspecified atom stereocenters. The van der Waals surface area contributed by atoms with Crippen LogP contribution in [0.5, 0.6) is 0 Å². The van der Waals surface area contributed by atoms with Crippen LogP contribution < -0.4 is 5.73 Å². The van der Waals surface area contributed by atoms with Crippen LogP contribution in [0.4, 0.5) is 4.39 Å². The van der Waals surface area contributed by atoms with E-state index in [0.717, 1.165) is 4.90 Å². The van der Waals surface area contributed by atoms with Gasteiger partial charge in [0.05, 0.1) is 6.61 Å². The van der Waals surface area contributed by atoms with Crippen molar-refractivity contribution in [3.8, 4) is 0 Å². The Morgan fingerprint density at radius 2 is 1.82 bits per heavy atom. The van der Waals surface area contributed by atoms with Crippen molar-refractivity contribution in [2.75, 3.05) is 6.61 Å². The second-order valence-corrected chi connectivity index (χ2v) is 6.50. The highest BCUT2D eigenvalue weighted by molar-refractivity contribution is 8.00. The molecule has 0 amide bonds. The molecule has 0 aliphatic rings. The molecule has 3 N–H and O–H groups in total. The molecule has 0 fully saturated rings. The van der Waals surface area contributed by atoms with E-state index < -0.39 is 0 Å². The first kappa shape index (κ1) is 14.5. The van der Waals surface area contributed by atoms with Gasteiger partial charge in [-0.25, -0.2) is 4.39 Å². The van der Waals surface area contributed by atoms with Crippen LogP contribution in [0.2, 0.25) is 0 Å². The summed E-state index contributed by atoms with van der Waals surface area (Å²) in [6.07, 6.45) is 0. The molecule has 0 heterocycles. The van der Waals surface area contributed by atoms with Crippen LogP contribution in [0, 0.1) is 11.2 Å². The van der Waals surface area contributed by atoms with Crippen molar-refractivity contribution in [1.29, 1.82) is 0 Å². The molecule has 2 nitrogen and oxygen atoms in total. The fourth-order valence-corrected chi connectivity index (χ4v) is 2.74. The Morgan fingerprint density at radius 1 is 1.29 bits per heavy atom. The summed E-state index contributed by atoms with van der Waals surface area (Å²) in [5.41, 5.74) is 6.06. The summed E-state index contributed by atoms with van der Waals surface area (Å²) in [6, 6.07) is 6.12. The molecule has 0 saturated carbocycles. The van der Waals surface area contributed by atoms with Gasteiger partial charge in [-0.15, -0.1) is 11.8 Å². The number of halogens is 1. The predicted molar refractivity (Wildman–Crippen MR) is 70.6 cm³/mol. The third-order valence-electron chi connectivity index (χ3n) is 2.68. The number of hydrogen-bond acceptors (Lipinski definition) is 3. The molecule has 0 radical (unpaired) electrons. The Balaban J connectivity index is 2.73. The Labute approximate surface area is 106 Å². The van der Waals surface area contributed by atoms with E-state index in [1.807, 2.05) is 20.8 Å². The minimum Gasteiger partial charge on any atom is -0.395 e. The van der Waals surface area contributed by atoms with Crippen molar-refractivity contribution >= 4 is 11.8 Å². The van der Waals surface area contributed by atoms with Gasteiger partial charge in [0.1, 0.15) is 5.82 Å². The third kappa shape index (κ3) is 4.30. The van der Waals surface area contributed by atoms with E-state index in [0.29, 0.717) is 0 Å². The average molecular weight is 257 g/mol. The number of benzene rings is 1. The van der Waals surface area contributed by atoms with Gasteiger partial charge in [0.15, 0.2) is 0 Å². The molecule has 0 spiro atoms. The lowest BCUT2D eigenvalue weighted by Gasteiger charge is -2.32. The number of hydrogen-bond donors (Lipinski definition) is 2. The highest BCUT2D eigenvalue weighted by atomic mass is 32.2. The Kier molecular flexibility index (Phi) is 4.98. The van der Waals surface area contributed by atoms with Gasteiger partial charge >= 0.3 is 0 Å². The second kappa shape index (κ2) is 5.85. The van der Waals surface area contributed by atoms with Crippen molar-refractivity contribution in [2.45, 2.75) is 37.0 Å². The van der Waals surface area contributed by atoms with Crippen LogP contribution >= 0.6 is 11.8 Å². The Morgan fingerprint density at radius 3 is 2.24 bits per heavy atom. The van der Waals surface area contributed by atoms with Crippen molar-refractivity contribution in [3.05, 3.63) is 30.1 Å². The second-order valence-electron chi connectivity index (χ2n) is 5.18. The molecular formula is C13H20FNOS. The van der Waals surface area contributed by atoms with Crippen LogP contribution in [0.3, 0.4) is 0 Å². The zero-order chi connectivity index (χ0) is 13.1. The molecule has 0 aromatic heterocycles. The number of nitrogens with two attached hydrogens (primary N) is 1. The van der Waals surface area contributed by atoms with Gasteiger partial charge in [0.25, 0.3) is 0 Å². The number of thioether (sulfide) groups is 1. The first-order valence-electron chi connectivity index (χ1n) is 5.63. The molecule has 0 bridgehead atoms. The zero-order valence-corrected chi connectivity index (χ0v) is 11.3. The Bertz CT molecular complexity index is 347. The zero-order valence-electron chi connectivity index (χ0n) is 10.5. The molecule has 0 saturated heterocycles. The van der Waals surface area contributed by atoms with Crippen LogP contribution in [0.1, 0.15) is 20.8 Å². The van der Waals surface area contributed by atoms with Crippen LogP contribution in [0.15, 0.2) is 29.2 Å². The third-order valence-corrected chi connectivity index (χ3v) is 3.97.